The molecule has 1 amide bonds. The number of carbonyl (C=O) groups is 1. The number of amides is 1. The molecule has 1 saturated carbocycles. The topological polar surface area (TPSA) is 63.5 Å². The zero-order valence-electron chi connectivity index (χ0n) is 11.9. The molecule has 0 unspecified atom stereocenters. The van der Waals surface area contributed by atoms with Crippen molar-refractivity contribution in [1.82, 2.24) is 4.90 Å². The summed E-state index contributed by atoms with van der Waals surface area (Å²) in [5.41, 5.74) is -0.252. The van der Waals surface area contributed by atoms with Crippen LogP contribution in [0.5, 0.6) is 0 Å². The number of thioether (sulfide) groups is 1. The molecule has 5 nitrogen and oxygen atoms in total. The van der Waals surface area contributed by atoms with Gasteiger partial charge in [-0.25, -0.2) is 0 Å². The van der Waals surface area contributed by atoms with Crippen molar-refractivity contribution in [1.29, 1.82) is 0 Å². The maximum absolute atomic E-state index is 12.6. The summed E-state index contributed by atoms with van der Waals surface area (Å²) in [4.78, 5) is 24.7. The van der Waals surface area contributed by atoms with Crippen LogP contribution in [0, 0.1) is 10.1 Å². The van der Waals surface area contributed by atoms with Crippen LogP contribution in [0.1, 0.15) is 29.6 Å². The summed E-state index contributed by atoms with van der Waals surface area (Å²) in [6.07, 6.45) is 4.97. The lowest BCUT2D eigenvalue weighted by Gasteiger charge is -2.25. The first-order chi connectivity index (χ1) is 9.95. The summed E-state index contributed by atoms with van der Waals surface area (Å²) in [7, 11) is 1.70. The highest BCUT2D eigenvalue weighted by Gasteiger charge is 2.33. The number of nitro groups is 1. The fourth-order valence-corrected chi connectivity index (χ4v) is 3.74. The Labute approximate surface area is 132 Å². The third-order valence-corrected chi connectivity index (χ3v) is 5.37. The SMILES string of the molecule is CS[C@H]1CC[C@@H](N(C)C(=O)c2c(Cl)cccc2[N+](=O)[O-])C1. The van der Waals surface area contributed by atoms with Crippen molar-refractivity contribution in [3.8, 4) is 0 Å². The molecule has 1 aliphatic carbocycles. The van der Waals surface area contributed by atoms with E-state index in [0.29, 0.717) is 5.25 Å². The molecule has 1 aromatic carbocycles. The first-order valence-electron chi connectivity index (χ1n) is 6.68. The van der Waals surface area contributed by atoms with Crippen LogP contribution < -0.4 is 0 Å². The molecule has 1 aliphatic rings. The van der Waals surface area contributed by atoms with Crippen LogP contribution in [0.4, 0.5) is 5.69 Å². The van der Waals surface area contributed by atoms with Crippen LogP contribution in [0.3, 0.4) is 0 Å². The Balaban J connectivity index is 2.26. The smallest absolute Gasteiger partial charge is 0.283 e. The number of hydrogen-bond acceptors (Lipinski definition) is 4. The lowest BCUT2D eigenvalue weighted by Crippen LogP contribution is -2.36. The monoisotopic (exact) mass is 328 g/mol. The van der Waals surface area contributed by atoms with Gasteiger partial charge < -0.3 is 4.90 Å². The Morgan fingerprint density at radius 2 is 2.19 bits per heavy atom. The molecular weight excluding hydrogens is 312 g/mol. The summed E-state index contributed by atoms with van der Waals surface area (Å²) >= 11 is 7.82. The molecule has 114 valence electrons. The standard InChI is InChI=1S/C14H17ClN2O3S/c1-16(9-6-7-10(8-9)21-2)14(18)13-11(15)4-3-5-12(13)17(19)20/h3-5,9-10H,6-8H2,1-2H3/t9-,10+/m1/s1. The van der Waals surface area contributed by atoms with Crippen molar-refractivity contribution in [3.63, 3.8) is 0 Å². The van der Waals surface area contributed by atoms with E-state index in [1.807, 2.05) is 0 Å². The highest BCUT2D eigenvalue weighted by Crippen LogP contribution is 2.33. The second-order valence-electron chi connectivity index (χ2n) is 5.13. The van der Waals surface area contributed by atoms with E-state index < -0.39 is 4.92 Å². The Kier molecular flexibility index (Phi) is 5.11. The van der Waals surface area contributed by atoms with E-state index >= 15 is 0 Å². The second kappa shape index (κ2) is 6.66. The Hall–Kier alpha value is -1.27. The van der Waals surface area contributed by atoms with Gasteiger partial charge in [0.15, 0.2) is 0 Å². The molecule has 0 spiro atoms. The molecule has 21 heavy (non-hydrogen) atoms. The van der Waals surface area contributed by atoms with Crippen molar-refractivity contribution >= 4 is 35.0 Å². The molecular formula is C14H17ClN2O3S. The van der Waals surface area contributed by atoms with E-state index in [4.69, 9.17) is 11.6 Å². The fraction of sp³-hybridized carbons (Fsp3) is 0.500. The van der Waals surface area contributed by atoms with E-state index in [1.165, 1.54) is 18.2 Å². The molecule has 0 N–H and O–H groups in total. The van der Waals surface area contributed by atoms with Crippen molar-refractivity contribution < 1.29 is 9.72 Å². The van der Waals surface area contributed by atoms with Gasteiger partial charge in [0.1, 0.15) is 5.56 Å². The maximum Gasteiger partial charge on any atom is 0.283 e. The predicted octanol–water partition coefficient (Wildman–Crippen LogP) is 3.60. The molecule has 1 aromatic rings. The number of halogens is 1. The van der Waals surface area contributed by atoms with Crippen molar-refractivity contribution in [2.45, 2.75) is 30.6 Å². The highest BCUT2D eigenvalue weighted by atomic mass is 35.5. The minimum atomic E-state index is -0.563. The van der Waals surface area contributed by atoms with E-state index in [0.717, 1.165) is 19.3 Å². The molecule has 2 rings (SSSR count). The van der Waals surface area contributed by atoms with Gasteiger partial charge in [-0.2, -0.15) is 11.8 Å². The molecule has 1 fully saturated rings. The van der Waals surface area contributed by atoms with Gasteiger partial charge in [-0.15, -0.1) is 0 Å². The van der Waals surface area contributed by atoms with Crippen LogP contribution >= 0.6 is 23.4 Å². The first kappa shape index (κ1) is 16.1. The minimum absolute atomic E-state index is 0.0146. The Bertz CT molecular complexity index is 567. The number of nitrogens with zero attached hydrogens (tertiary/aromatic N) is 2. The second-order valence-corrected chi connectivity index (χ2v) is 6.68. The van der Waals surface area contributed by atoms with Gasteiger partial charge in [-0.1, -0.05) is 17.7 Å². The molecule has 0 heterocycles. The summed E-state index contributed by atoms with van der Waals surface area (Å²) in [6, 6.07) is 4.42. The number of benzene rings is 1. The molecule has 7 heteroatoms. The number of hydrogen-bond donors (Lipinski definition) is 0. The molecule has 0 bridgehead atoms. The first-order valence-corrected chi connectivity index (χ1v) is 8.35. The Morgan fingerprint density at radius 3 is 2.76 bits per heavy atom. The van der Waals surface area contributed by atoms with Crippen LogP contribution in [0.2, 0.25) is 5.02 Å². The number of carbonyl (C=O) groups excluding carboxylic acids is 1. The fourth-order valence-electron chi connectivity index (χ4n) is 2.70. The van der Waals surface area contributed by atoms with Crippen LogP contribution in [0.15, 0.2) is 18.2 Å². The summed E-state index contributed by atoms with van der Waals surface area (Å²) in [5.74, 6) is -0.376. The molecule has 2 atom stereocenters. The lowest BCUT2D eigenvalue weighted by atomic mass is 10.1. The van der Waals surface area contributed by atoms with E-state index in [2.05, 4.69) is 6.26 Å². The van der Waals surface area contributed by atoms with Crippen LogP contribution in [0.25, 0.3) is 0 Å². The lowest BCUT2D eigenvalue weighted by molar-refractivity contribution is -0.385. The summed E-state index contributed by atoms with van der Waals surface area (Å²) < 4.78 is 0. The van der Waals surface area contributed by atoms with Gasteiger partial charge in [-0.3, -0.25) is 14.9 Å². The quantitative estimate of drug-likeness (QED) is 0.625. The molecule has 0 aromatic heterocycles. The Morgan fingerprint density at radius 1 is 1.48 bits per heavy atom. The molecule has 0 saturated heterocycles. The largest absolute Gasteiger partial charge is 0.338 e. The van der Waals surface area contributed by atoms with Gasteiger partial charge in [0.2, 0.25) is 0 Å². The van der Waals surface area contributed by atoms with E-state index in [-0.39, 0.29) is 28.2 Å². The van der Waals surface area contributed by atoms with Crippen LogP contribution in [-0.4, -0.2) is 40.3 Å². The van der Waals surface area contributed by atoms with Gasteiger partial charge >= 0.3 is 0 Å². The van der Waals surface area contributed by atoms with E-state index in [1.54, 1.807) is 23.7 Å². The average Bonchev–Trinajstić information content (AvgIpc) is 2.94. The third kappa shape index (κ3) is 3.32. The van der Waals surface area contributed by atoms with Crippen LogP contribution in [-0.2, 0) is 0 Å². The molecule has 0 radical (unpaired) electrons. The summed E-state index contributed by atoms with van der Waals surface area (Å²) in [6.45, 7) is 0. The average molecular weight is 329 g/mol. The highest BCUT2D eigenvalue weighted by molar-refractivity contribution is 7.99. The number of nitro benzene ring substituents is 1. The van der Waals surface area contributed by atoms with Crippen molar-refractivity contribution in [2.75, 3.05) is 13.3 Å². The van der Waals surface area contributed by atoms with E-state index in [9.17, 15) is 14.9 Å². The normalized spacial score (nSPS) is 21.3. The van der Waals surface area contributed by atoms with Gasteiger partial charge in [0, 0.05) is 24.4 Å². The third-order valence-electron chi connectivity index (χ3n) is 3.96. The predicted molar refractivity (Wildman–Crippen MR) is 85.1 cm³/mol. The van der Waals surface area contributed by atoms with Gasteiger partial charge in [0.05, 0.1) is 9.95 Å². The summed E-state index contributed by atoms with van der Waals surface area (Å²) in [5, 5.41) is 11.8. The zero-order valence-corrected chi connectivity index (χ0v) is 13.5. The van der Waals surface area contributed by atoms with Gasteiger partial charge in [0.25, 0.3) is 11.6 Å². The zero-order chi connectivity index (χ0) is 15.6. The van der Waals surface area contributed by atoms with Gasteiger partial charge in [-0.05, 0) is 31.6 Å². The maximum atomic E-state index is 12.6. The number of rotatable bonds is 4. The molecule has 0 aliphatic heterocycles. The van der Waals surface area contributed by atoms with Crippen molar-refractivity contribution in [3.05, 3.63) is 38.9 Å². The minimum Gasteiger partial charge on any atom is -0.338 e. The van der Waals surface area contributed by atoms with Crippen molar-refractivity contribution in [2.24, 2.45) is 0 Å².